The Hall–Kier alpha value is -2.68. The molecule has 3 rings (SSSR count). The standard InChI is InChI=1S/C24H24ClN3O3S2/c1-16-10-12-17(13-11-16)15-20-23(31)28(24(32)33-20)14-6-2-3-9-21(29)26-27-22(30)18-7-4-5-8-19(18)25/h4-5,7-8,10-13,15H,2-3,6,9,14H2,1H3,(H,26,29)(H,27,30)/b20-15-. The van der Waals surface area contributed by atoms with Crippen LogP contribution in [0.5, 0.6) is 0 Å². The van der Waals surface area contributed by atoms with Gasteiger partial charge in [0.1, 0.15) is 4.32 Å². The molecule has 1 aliphatic heterocycles. The highest BCUT2D eigenvalue weighted by Crippen LogP contribution is 2.32. The monoisotopic (exact) mass is 501 g/mol. The molecule has 2 N–H and O–H groups in total. The van der Waals surface area contributed by atoms with E-state index in [1.807, 2.05) is 37.3 Å². The molecule has 1 fully saturated rings. The molecular formula is C24H24ClN3O3S2. The highest BCUT2D eigenvalue weighted by Gasteiger charge is 2.31. The number of thioether (sulfide) groups is 1. The van der Waals surface area contributed by atoms with E-state index < -0.39 is 5.91 Å². The van der Waals surface area contributed by atoms with E-state index in [-0.39, 0.29) is 18.2 Å². The maximum absolute atomic E-state index is 12.7. The number of hydrazine groups is 1. The summed E-state index contributed by atoms with van der Waals surface area (Å²) < 4.78 is 0.554. The fraction of sp³-hybridized carbons (Fsp3) is 0.250. The number of rotatable bonds is 8. The van der Waals surface area contributed by atoms with Crippen LogP contribution in [0.1, 0.15) is 47.2 Å². The number of amides is 3. The summed E-state index contributed by atoms with van der Waals surface area (Å²) in [6.45, 7) is 2.53. The number of hydrogen-bond acceptors (Lipinski definition) is 5. The lowest BCUT2D eigenvalue weighted by Crippen LogP contribution is -2.41. The summed E-state index contributed by atoms with van der Waals surface area (Å²) in [5, 5.41) is 0.314. The Balaban J connectivity index is 1.36. The van der Waals surface area contributed by atoms with Crippen molar-refractivity contribution in [2.75, 3.05) is 6.54 Å². The Morgan fingerprint density at radius 1 is 1.06 bits per heavy atom. The first-order valence-electron chi connectivity index (χ1n) is 10.5. The van der Waals surface area contributed by atoms with Crippen LogP contribution in [0.4, 0.5) is 0 Å². The zero-order valence-corrected chi connectivity index (χ0v) is 20.5. The van der Waals surface area contributed by atoms with Crippen molar-refractivity contribution in [1.82, 2.24) is 15.8 Å². The summed E-state index contributed by atoms with van der Waals surface area (Å²) in [6, 6.07) is 14.6. The van der Waals surface area contributed by atoms with Crippen LogP contribution in [0.15, 0.2) is 53.4 Å². The second kappa shape index (κ2) is 12.0. The van der Waals surface area contributed by atoms with Gasteiger partial charge in [0.15, 0.2) is 0 Å². The Morgan fingerprint density at radius 2 is 1.79 bits per heavy atom. The summed E-state index contributed by atoms with van der Waals surface area (Å²) in [4.78, 5) is 38.9. The van der Waals surface area contributed by atoms with Crippen molar-refractivity contribution in [3.63, 3.8) is 0 Å². The minimum absolute atomic E-state index is 0.0781. The number of carbonyl (C=O) groups is 3. The summed E-state index contributed by atoms with van der Waals surface area (Å²) in [5.74, 6) is -0.838. The highest BCUT2D eigenvalue weighted by atomic mass is 35.5. The molecule has 1 heterocycles. The van der Waals surface area contributed by atoms with Crippen molar-refractivity contribution in [3.05, 3.63) is 75.1 Å². The SMILES string of the molecule is Cc1ccc(/C=C2\SC(=S)N(CCCCCC(=O)NNC(=O)c3ccccc3Cl)C2=O)cc1. The molecule has 6 nitrogen and oxygen atoms in total. The molecule has 172 valence electrons. The normalized spacial score (nSPS) is 14.6. The van der Waals surface area contributed by atoms with Crippen LogP contribution in [0, 0.1) is 6.92 Å². The Kier molecular flexibility index (Phi) is 9.05. The third kappa shape index (κ3) is 7.15. The van der Waals surface area contributed by atoms with E-state index in [4.69, 9.17) is 23.8 Å². The third-order valence-corrected chi connectivity index (χ3v) is 6.68. The summed E-state index contributed by atoms with van der Waals surface area (Å²) in [5.41, 5.74) is 7.18. The van der Waals surface area contributed by atoms with Crippen LogP contribution in [-0.4, -0.2) is 33.5 Å². The van der Waals surface area contributed by atoms with Gasteiger partial charge in [0.05, 0.1) is 15.5 Å². The van der Waals surface area contributed by atoms with Crippen LogP contribution in [0.3, 0.4) is 0 Å². The quantitative estimate of drug-likeness (QED) is 0.233. The van der Waals surface area contributed by atoms with Gasteiger partial charge in [0, 0.05) is 13.0 Å². The van der Waals surface area contributed by atoms with E-state index in [9.17, 15) is 14.4 Å². The van der Waals surface area contributed by atoms with Crippen molar-refractivity contribution < 1.29 is 14.4 Å². The van der Waals surface area contributed by atoms with E-state index in [2.05, 4.69) is 10.9 Å². The van der Waals surface area contributed by atoms with Crippen molar-refractivity contribution in [2.45, 2.75) is 32.6 Å². The molecule has 0 aromatic heterocycles. The van der Waals surface area contributed by atoms with Gasteiger partial charge in [-0.1, -0.05) is 84.0 Å². The molecule has 1 saturated heterocycles. The lowest BCUT2D eigenvalue weighted by atomic mass is 10.1. The Labute approximate surface area is 207 Å². The van der Waals surface area contributed by atoms with Crippen molar-refractivity contribution >= 4 is 63.7 Å². The van der Waals surface area contributed by atoms with Crippen molar-refractivity contribution in [1.29, 1.82) is 0 Å². The zero-order chi connectivity index (χ0) is 23.8. The molecule has 9 heteroatoms. The van der Waals surface area contributed by atoms with Crippen LogP contribution < -0.4 is 10.9 Å². The molecule has 0 spiro atoms. The average Bonchev–Trinajstić information content (AvgIpc) is 3.06. The molecule has 0 unspecified atom stereocenters. The van der Waals surface area contributed by atoms with Gasteiger partial charge < -0.3 is 0 Å². The second-order valence-electron chi connectivity index (χ2n) is 7.54. The molecule has 2 aromatic carbocycles. The lowest BCUT2D eigenvalue weighted by Gasteiger charge is -2.14. The predicted molar refractivity (Wildman–Crippen MR) is 137 cm³/mol. The van der Waals surface area contributed by atoms with Crippen LogP contribution in [0.25, 0.3) is 6.08 Å². The maximum Gasteiger partial charge on any atom is 0.271 e. The Bertz CT molecular complexity index is 1090. The number of halogens is 1. The minimum atomic E-state index is -0.470. The zero-order valence-electron chi connectivity index (χ0n) is 18.1. The van der Waals surface area contributed by atoms with Gasteiger partial charge in [-0.25, -0.2) is 0 Å². The first-order chi connectivity index (χ1) is 15.8. The van der Waals surface area contributed by atoms with Crippen LogP contribution in [0.2, 0.25) is 5.02 Å². The van der Waals surface area contributed by atoms with E-state index in [1.165, 1.54) is 11.8 Å². The van der Waals surface area contributed by atoms with Crippen molar-refractivity contribution in [3.8, 4) is 0 Å². The molecule has 0 bridgehead atoms. The average molecular weight is 502 g/mol. The minimum Gasteiger partial charge on any atom is -0.293 e. The number of benzene rings is 2. The predicted octanol–water partition coefficient (Wildman–Crippen LogP) is 4.87. The first kappa shape index (κ1) is 25.0. The second-order valence-corrected chi connectivity index (χ2v) is 9.62. The molecule has 2 aromatic rings. The Morgan fingerprint density at radius 3 is 2.52 bits per heavy atom. The summed E-state index contributed by atoms with van der Waals surface area (Å²) in [6.07, 6.45) is 4.22. The third-order valence-electron chi connectivity index (χ3n) is 4.97. The number of hydrogen-bond donors (Lipinski definition) is 2. The van der Waals surface area contributed by atoms with Crippen molar-refractivity contribution in [2.24, 2.45) is 0 Å². The van der Waals surface area contributed by atoms with Gasteiger partial charge in [0.25, 0.3) is 11.8 Å². The van der Waals surface area contributed by atoms with Gasteiger partial charge in [-0.15, -0.1) is 0 Å². The number of carbonyl (C=O) groups excluding carboxylic acids is 3. The van der Waals surface area contributed by atoms with Crippen LogP contribution >= 0.6 is 35.6 Å². The number of thiocarbonyl (C=S) groups is 1. The highest BCUT2D eigenvalue weighted by molar-refractivity contribution is 8.26. The summed E-state index contributed by atoms with van der Waals surface area (Å²) >= 11 is 12.7. The van der Waals surface area contributed by atoms with Gasteiger partial charge >= 0.3 is 0 Å². The fourth-order valence-corrected chi connectivity index (χ4v) is 4.67. The molecule has 1 aliphatic rings. The molecule has 0 aliphatic carbocycles. The van der Waals surface area contributed by atoms with Crippen LogP contribution in [-0.2, 0) is 9.59 Å². The van der Waals surface area contributed by atoms with E-state index in [0.717, 1.165) is 24.0 Å². The number of nitrogens with one attached hydrogen (secondary N) is 2. The number of nitrogens with zero attached hydrogens (tertiary/aromatic N) is 1. The topological polar surface area (TPSA) is 78.5 Å². The van der Waals surface area contributed by atoms with Gasteiger partial charge in [-0.05, 0) is 43.5 Å². The van der Waals surface area contributed by atoms with Gasteiger partial charge in [-0.2, -0.15) is 0 Å². The fourth-order valence-electron chi connectivity index (χ4n) is 3.14. The van der Waals surface area contributed by atoms with E-state index >= 15 is 0 Å². The molecule has 0 radical (unpaired) electrons. The number of unbranched alkanes of at least 4 members (excludes halogenated alkanes) is 2. The smallest absolute Gasteiger partial charge is 0.271 e. The molecule has 0 saturated carbocycles. The van der Waals surface area contributed by atoms with Gasteiger partial charge in [-0.3, -0.25) is 30.1 Å². The van der Waals surface area contributed by atoms with Gasteiger partial charge in [0.2, 0.25) is 5.91 Å². The van der Waals surface area contributed by atoms with E-state index in [1.54, 1.807) is 29.2 Å². The largest absolute Gasteiger partial charge is 0.293 e. The molecule has 33 heavy (non-hydrogen) atoms. The molecule has 0 atom stereocenters. The maximum atomic E-state index is 12.7. The van der Waals surface area contributed by atoms with E-state index in [0.29, 0.717) is 32.8 Å². The lowest BCUT2D eigenvalue weighted by molar-refractivity contribution is -0.123. The first-order valence-corrected chi connectivity index (χ1v) is 12.1. The molecular weight excluding hydrogens is 478 g/mol. The number of aryl methyl sites for hydroxylation is 1. The summed E-state index contributed by atoms with van der Waals surface area (Å²) in [7, 11) is 0. The molecule has 3 amide bonds.